The molecule has 2 saturated heterocycles. The van der Waals surface area contributed by atoms with Gasteiger partial charge in [-0.05, 0) is 53.3 Å². The molecule has 7 rings (SSSR count). The molecule has 0 spiro atoms. The van der Waals surface area contributed by atoms with Crippen molar-refractivity contribution in [2.75, 3.05) is 18.9 Å². The summed E-state index contributed by atoms with van der Waals surface area (Å²) in [6, 6.07) is 12.4. The molecule has 56 heavy (non-hydrogen) atoms. The van der Waals surface area contributed by atoms with E-state index in [-0.39, 0.29) is 39.8 Å². The van der Waals surface area contributed by atoms with Gasteiger partial charge in [0.25, 0.3) is 5.56 Å². The molecule has 5 aromatic rings. The average molecular weight is 820 g/mol. The van der Waals surface area contributed by atoms with E-state index in [1.165, 1.54) is 59.4 Å². The SMILES string of the molecule is Nc1ncnc2c1ncn2[C@@H]1O[C@H](COP(=O)(OC2C(F)[C@H](n3ccc(=O)[nH]c3=O)O[C@@H]2CO)SCc2ccc(OC(=O)c3ccc(O)cc3)cc2)C(O)C1F. The number of aromatic amines is 1. The molecule has 23 heteroatoms. The number of carbonyl (C=O) groups is 1. The number of aromatic nitrogens is 6. The summed E-state index contributed by atoms with van der Waals surface area (Å²) in [5, 5.41) is 30.4. The Balaban J connectivity index is 1.09. The number of hydrogen-bond acceptors (Lipinski definition) is 17. The van der Waals surface area contributed by atoms with Crippen LogP contribution in [0.25, 0.3) is 11.2 Å². The number of rotatable bonds is 13. The third kappa shape index (κ3) is 8.09. The van der Waals surface area contributed by atoms with E-state index < -0.39 is 86.4 Å². The van der Waals surface area contributed by atoms with Crippen LogP contribution in [-0.2, 0) is 28.8 Å². The molecule has 296 valence electrons. The number of phenols is 1. The van der Waals surface area contributed by atoms with Crippen LogP contribution in [-0.4, -0.2) is 100 Å². The second kappa shape index (κ2) is 16.2. The number of aliphatic hydroxyl groups excluding tert-OH is 2. The summed E-state index contributed by atoms with van der Waals surface area (Å²) in [4.78, 5) is 50.5. The van der Waals surface area contributed by atoms with E-state index in [4.69, 9.17) is 29.0 Å². The number of aromatic hydroxyl groups is 1. The maximum atomic E-state index is 16.1. The number of hydrogen-bond donors (Lipinski definition) is 5. The molecule has 2 aliphatic rings. The number of nitrogens with zero attached hydrogens (tertiary/aromatic N) is 5. The van der Waals surface area contributed by atoms with Gasteiger partial charge < -0.3 is 35.3 Å². The Morgan fingerprint density at radius 1 is 0.982 bits per heavy atom. The van der Waals surface area contributed by atoms with Crippen molar-refractivity contribution in [1.82, 2.24) is 29.1 Å². The standard InChI is InChI=1S/C33H32F2N7O12PS/c34-23-26(46)21(53-30(23)42-15-39-25-28(36)37-14-38-29(25)42)12-50-55(49,54-27-20(11-43)52-31(24(27)35)41-10-9-22(45)40-33(41)48)56-13-16-1-7-19(8-2-16)51-32(47)17-3-5-18(44)6-4-17/h1-10,14-15,20-21,23-24,26-27,30-31,43-44,46H,11-13H2,(H2,36,37,38)(H,40,45,48)/t20-,21-,23?,24?,26?,27?,30-,31-,55?/m1/s1. The smallest absolute Gasteiger partial charge is 0.389 e. The predicted molar refractivity (Wildman–Crippen MR) is 191 cm³/mol. The molecule has 0 amide bonds. The van der Waals surface area contributed by atoms with E-state index in [9.17, 15) is 34.3 Å². The van der Waals surface area contributed by atoms with E-state index in [2.05, 4.69) is 15.0 Å². The summed E-state index contributed by atoms with van der Waals surface area (Å²) in [5.74, 6) is -0.650. The Morgan fingerprint density at radius 2 is 1.70 bits per heavy atom. The molecule has 0 aliphatic carbocycles. The van der Waals surface area contributed by atoms with Gasteiger partial charge in [-0.3, -0.25) is 28.0 Å². The number of benzene rings is 2. The highest BCUT2D eigenvalue weighted by Crippen LogP contribution is 2.64. The molecule has 5 unspecified atom stereocenters. The maximum Gasteiger partial charge on any atom is 0.389 e. The number of H-pyrrole nitrogens is 1. The molecular formula is C33H32F2N7O12PS. The second-order valence-corrected chi connectivity index (χ2v) is 16.5. The first-order valence-corrected chi connectivity index (χ1v) is 19.8. The van der Waals surface area contributed by atoms with E-state index in [1.54, 1.807) is 0 Å². The molecule has 3 aromatic heterocycles. The fourth-order valence-electron chi connectivity index (χ4n) is 5.92. The Bertz CT molecular complexity index is 2370. The second-order valence-electron chi connectivity index (χ2n) is 12.5. The summed E-state index contributed by atoms with van der Waals surface area (Å²) in [6.45, 7) is -6.19. The van der Waals surface area contributed by atoms with E-state index in [0.717, 1.165) is 23.2 Å². The molecule has 2 aliphatic heterocycles. The van der Waals surface area contributed by atoms with Gasteiger partial charge in [0.05, 0.1) is 25.1 Å². The third-order valence-electron chi connectivity index (χ3n) is 8.80. The van der Waals surface area contributed by atoms with Crippen LogP contribution in [0.2, 0.25) is 0 Å². The summed E-state index contributed by atoms with van der Waals surface area (Å²) in [6.07, 6.45) is -10.7. The Morgan fingerprint density at radius 3 is 2.41 bits per heavy atom. The molecule has 19 nitrogen and oxygen atoms in total. The number of esters is 1. The van der Waals surface area contributed by atoms with Crippen LogP contribution in [0.1, 0.15) is 28.4 Å². The minimum atomic E-state index is -4.60. The largest absolute Gasteiger partial charge is 0.508 e. The number of nitrogens with one attached hydrogen (secondary N) is 1. The Labute approximate surface area is 317 Å². The molecule has 9 atom stereocenters. The van der Waals surface area contributed by atoms with Crippen LogP contribution < -0.4 is 21.7 Å². The predicted octanol–water partition coefficient (Wildman–Crippen LogP) is 2.15. The molecule has 2 fully saturated rings. The lowest BCUT2D eigenvalue weighted by Crippen LogP contribution is -2.36. The van der Waals surface area contributed by atoms with Crippen LogP contribution in [0.4, 0.5) is 14.6 Å². The van der Waals surface area contributed by atoms with Gasteiger partial charge in [0.15, 0.2) is 36.3 Å². The van der Waals surface area contributed by atoms with Gasteiger partial charge >= 0.3 is 18.5 Å². The van der Waals surface area contributed by atoms with Crippen molar-refractivity contribution in [2.24, 2.45) is 0 Å². The lowest BCUT2D eigenvalue weighted by molar-refractivity contribution is -0.0518. The van der Waals surface area contributed by atoms with E-state index >= 15 is 8.78 Å². The number of fused-ring (bicyclic) bond motifs is 1. The first-order valence-electron chi connectivity index (χ1n) is 16.6. The number of ether oxygens (including phenoxy) is 3. The average Bonchev–Trinajstić information content (AvgIpc) is 3.84. The minimum absolute atomic E-state index is 0.0262. The number of halogens is 2. The van der Waals surface area contributed by atoms with Crippen molar-refractivity contribution in [1.29, 1.82) is 0 Å². The van der Waals surface area contributed by atoms with Gasteiger partial charge in [0, 0.05) is 18.0 Å². The molecule has 5 heterocycles. The number of nitrogen functional groups attached to an aromatic ring is 1. The summed E-state index contributed by atoms with van der Waals surface area (Å²) in [5.41, 5.74) is 5.03. The van der Waals surface area contributed by atoms with Crippen molar-refractivity contribution in [3.8, 4) is 11.5 Å². The zero-order valence-corrected chi connectivity index (χ0v) is 30.3. The Kier molecular flexibility index (Phi) is 11.3. The van der Waals surface area contributed by atoms with Crippen LogP contribution in [0, 0.1) is 0 Å². The highest BCUT2D eigenvalue weighted by Gasteiger charge is 2.52. The topological polar surface area (TPSA) is 265 Å². The molecule has 6 N–H and O–H groups in total. The highest BCUT2D eigenvalue weighted by atomic mass is 32.7. The summed E-state index contributed by atoms with van der Waals surface area (Å²) in [7, 11) is 0. The van der Waals surface area contributed by atoms with Crippen molar-refractivity contribution >= 4 is 41.1 Å². The highest BCUT2D eigenvalue weighted by molar-refractivity contribution is 8.54. The lowest BCUT2D eigenvalue weighted by Gasteiger charge is -2.26. The van der Waals surface area contributed by atoms with Crippen molar-refractivity contribution in [3.63, 3.8) is 0 Å². The van der Waals surface area contributed by atoms with Crippen LogP contribution >= 0.6 is 18.2 Å². The molecule has 0 radical (unpaired) electrons. The number of imidazole rings is 1. The molecule has 0 bridgehead atoms. The van der Waals surface area contributed by atoms with Crippen LogP contribution in [0.5, 0.6) is 11.5 Å². The number of anilines is 1. The monoisotopic (exact) mass is 819 g/mol. The normalized spacial score (nSPS) is 26.0. The number of carbonyl (C=O) groups excluding carboxylic acids is 1. The van der Waals surface area contributed by atoms with Gasteiger partial charge in [-0.15, -0.1) is 0 Å². The molecular weight excluding hydrogens is 787 g/mol. The first-order chi connectivity index (χ1) is 26.8. The number of alkyl halides is 2. The Hall–Kier alpha value is -5.06. The van der Waals surface area contributed by atoms with Crippen LogP contribution in [0.3, 0.4) is 0 Å². The third-order valence-corrected chi connectivity index (χ3v) is 12.5. The summed E-state index contributed by atoms with van der Waals surface area (Å²) >= 11 is 0.569. The lowest BCUT2D eigenvalue weighted by atomic mass is 10.1. The van der Waals surface area contributed by atoms with Gasteiger partial charge in [-0.25, -0.2) is 37.9 Å². The first kappa shape index (κ1) is 39.2. The van der Waals surface area contributed by atoms with Gasteiger partial charge in [-0.2, -0.15) is 0 Å². The van der Waals surface area contributed by atoms with Crippen molar-refractivity contribution < 1.29 is 56.7 Å². The van der Waals surface area contributed by atoms with Gasteiger partial charge in [-0.1, -0.05) is 12.1 Å². The van der Waals surface area contributed by atoms with Crippen molar-refractivity contribution in [3.05, 3.63) is 105 Å². The van der Waals surface area contributed by atoms with Crippen molar-refractivity contribution in [2.45, 2.75) is 55.0 Å². The van der Waals surface area contributed by atoms with Gasteiger partial charge in [0.2, 0.25) is 0 Å². The molecule has 0 saturated carbocycles. The quantitative estimate of drug-likeness (QED) is 0.0647. The fraction of sp³-hybridized carbons (Fsp3) is 0.333. The van der Waals surface area contributed by atoms with E-state index in [0.29, 0.717) is 16.9 Å². The molecule has 2 aromatic carbocycles. The van der Waals surface area contributed by atoms with E-state index in [1.807, 2.05) is 4.98 Å². The maximum absolute atomic E-state index is 16.1. The number of nitrogens with two attached hydrogens (primary N) is 1. The zero-order chi connectivity index (χ0) is 39.7. The zero-order valence-electron chi connectivity index (χ0n) is 28.6. The number of phenolic OH excluding ortho intramolecular Hbond substituents is 1. The van der Waals surface area contributed by atoms with Gasteiger partial charge in [0.1, 0.15) is 47.8 Å². The number of aliphatic hydroxyl groups is 2. The minimum Gasteiger partial charge on any atom is -0.508 e. The summed E-state index contributed by atoms with van der Waals surface area (Å²) < 4.78 is 76.2. The van der Waals surface area contributed by atoms with Crippen LogP contribution in [0.15, 0.2) is 83.0 Å². The fourth-order valence-corrected chi connectivity index (χ4v) is 9.31.